The molecule has 0 amide bonds. The fraction of sp³-hybridized carbons (Fsp3) is 0.500. The van der Waals surface area contributed by atoms with Crippen molar-refractivity contribution in [1.82, 2.24) is 19.7 Å². The lowest BCUT2D eigenvalue weighted by molar-refractivity contribution is 0.636. The Morgan fingerprint density at radius 1 is 1.26 bits per heavy atom. The van der Waals surface area contributed by atoms with E-state index in [1.807, 2.05) is 11.7 Å². The van der Waals surface area contributed by atoms with E-state index in [2.05, 4.69) is 41.9 Å². The van der Waals surface area contributed by atoms with Gasteiger partial charge in [0.25, 0.3) is 5.56 Å². The molecule has 5 nitrogen and oxygen atoms in total. The molecule has 2 aromatic heterocycles. The van der Waals surface area contributed by atoms with Crippen LogP contribution in [0.1, 0.15) is 49.7 Å². The summed E-state index contributed by atoms with van der Waals surface area (Å²) in [7, 11) is 1.96. The van der Waals surface area contributed by atoms with E-state index in [-0.39, 0.29) is 11.5 Å². The smallest absolute Gasteiger partial charge is 0.250 e. The lowest BCUT2D eigenvalue weighted by Crippen LogP contribution is -2.11. The Morgan fingerprint density at radius 2 is 2.00 bits per heavy atom. The molecule has 2 rings (SSSR count). The van der Waals surface area contributed by atoms with Crippen molar-refractivity contribution >= 4 is 0 Å². The highest BCUT2D eigenvalue weighted by atomic mass is 16.1. The van der Waals surface area contributed by atoms with E-state index in [1.54, 1.807) is 6.07 Å². The normalized spacial score (nSPS) is 12.9. The van der Waals surface area contributed by atoms with Crippen LogP contribution in [0.2, 0.25) is 0 Å². The van der Waals surface area contributed by atoms with E-state index in [0.29, 0.717) is 5.92 Å². The maximum absolute atomic E-state index is 11.3. The Balaban J connectivity index is 2.19. The van der Waals surface area contributed by atoms with Gasteiger partial charge in [-0.15, -0.1) is 0 Å². The minimum Gasteiger partial charge on any atom is -0.313 e. The standard InChI is InChI=1S/C14H20N4O/c1-9(2)12-6-11(18(4)17-12)5-10(3)13-7-14(19)16-8-15-13/h6-10H,5H2,1-4H3,(H,15,16,19). The van der Waals surface area contributed by atoms with Gasteiger partial charge in [-0.3, -0.25) is 9.48 Å². The summed E-state index contributed by atoms with van der Waals surface area (Å²) < 4.78 is 1.92. The second kappa shape index (κ2) is 5.38. The van der Waals surface area contributed by atoms with Gasteiger partial charge in [0.05, 0.1) is 17.7 Å². The van der Waals surface area contributed by atoms with Gasteiger partial charge in [0.1, 0.15) is 0 Å². The average molecular weight is 260 g/mol. The highest BCUT2D eigenvalue weighted by molar-refractivity contribution is 5.17. The highest BCUT2D eigenvalue weighted by Gasteiger charge is 2.14. The first-order chi connectivity index (χ1) is 8.97. The van der Waals surface area contributed by atoms with E-state index in [1.165, 1.54) is 12.0 Å². The summed E-state index contributed by atoms with van der Waals surface area (Å²) in [6.45, 7) is 6.34. The van der Waals surface area contributed by atoms with Crippen molar-refractivity contribution in [2.24, 2.45) is 7.05 Å². The van der Waals surface area contributed by atoms with Crippen molar-refractivity contribution in [2.75, 3.05) is 0 Å². The third kappa shape index (κ3) is 3.10. The maximum Gasteiger partial charge on any atom is 0.250 e. The third-order valence-electron chi connectivity index (χ3n) is 3.31. The number of aryl methyl sites for hydroxylation is 1. The number of nitrogens with one attached hydrogen (secondary N) is 1. The van der Waals surface area contributed by atoms with Crippen molar-refractivity contribution in [3.05, 3.63) is 45.9 Å². The maximum atomic E-state index is 11.3. The molecule has 2 heterocycles. The fourth-order valence-electron chi connectivity index (χ4n) is 2.08. The van der Waals surface area contributed by atoms with Gasteiger partial charge in [-0.1, -0.05) is 20.8 Å². The zero-order valence-corrected chi connectivity index (χ0v) is 11.8. The van der Waals surface area contributed by atoms with Crippen molar-refractivity contribution in [3.8, 4) is 0 Å². The molecule has 0 spiro atoms. The molecule has 1 N–H and O–H groups in total. The predicted octanol–water partition coefficient (Wildman–Crippen LogP) is 1.97. The summed E-state index contributed by atoms with van der Waals surface area (Å²) in [6.07, 6.45) is 2.28. The number of rotatable bonds is 4. The van der Waals surface area contributed by atoms with Gasteiger partial charge in [0.15, 0.2) is 0 Å². The summed E-state index contributed by atoms with van der Waals surface area (Å²) >= 11 is 0. The fourth-order valence-corrected chi connectivity index (χ4v) is 2.08. The molecule has 102 valence electrons. The minimum absolute atomic E-state index is 0.107. The van der Waals surface area contributed by atoms with E-state index < -0.39 is 0 Å². The molecule has 1 atom stereocenters. The molecule has 0 aromatic carbocycles. The van der Waals surface area contributed by atoms with Crippen LogP contribution >= 0.6 is 0 Å². The molecule has 0 saturated carbocycles. The number of H-pyrrole nitrogens is 1. The predicted molar refractivity (Wildman–Crippen MR) is 74.3 cm³/mol. The SMILES string of the molecule is CC(C)c1cc(CC(C)c2cc(=O)[nH]cn2)n(C)n1. The molecule has 0 fully saturated rings. The molecular formula is C14H20N4O. The van der Waals surface area contributed by atoms with Gasteiger partial charge in [0, 0.05) is 24.7 Å². The molecule has 2 aromatic rings. The van der Waals surface area contributed by atoms with Crippen LogP contribution in [-0.2, 0) is 13.5 Å². The Labute approximate surface area is 112 Å². The van der Waals surface area contributed by atoms with Crippen LogP contribution in [0.4, 0.5) is 0 Å². The van der Waals surface area contributed by atoms with Crippen LogP contribution < -0.4 is 5.56 Å². The number of nitrogens with zero attached hydrogens (tertiary/aromatic N) is 3. The van der Waals surface area contributed by atoms with Crippen LogP contribution in [0.25, 0.3) is 0 Å². The molecule has 19 heavy (non-hydrogen) atoms. The molecule has 0 bridgehead atoms. The minimum atomic E-state index is -0.107. The largest absolute Gasteiger partial charge is 0.313 e. The monoisotopic (exact) mass is 260 g/mol. The molecule has 0 aliphatic rings. The topological polar surface area (TPSA) is 63.6 Å². The van der Waals surface area contributed by atoms with Crippen LogP contribution in [0.15, 0.2) is 23.3 Å². The lowest BCUT2D eigenvalue weighted by atomic mass is 10.0. The van der Waals surface area contributed by atoms with Gasteiger partial charge in [0.2, 0.25) is 0 Å². The second-order valence-electron chi connectivity index (χ2n) is 5.28. The average Bonchev–Trinajstić information content (AvgIpc) is 2.71. The second-order valence-corrected chi connectivity index (χ2v) is 5.28. The highest BCUT2D eigenvalue weighted by Crippen LogP contribution is 2.20. The van der Waals surface area contributed by atoms with Crippen LogP contribution in [0.3, 0.4) is 0 Å². The summed E-state index contributed by atoms with van der Waals surface area (Å²) in [5.74, 6) is 0.616. The van der Waals surface area contributed by atoms with E-state index in [0.717, 1.165) is 17.8 Å². The molecule has 0 saturated heterocycles. The first-order valence-electron chi connectivity index (χ1n) is 6.54. The van der Waals surface area contributed by atoms with Crippen LogP contribution in [0, 0.1) is 0 Å². The third-order valence-corrected chi connectivity index (χ3v) is 3.31. The quantitative estimate of drug-likeness (QED) is 0.914. The summed E-state index contributed by atoms with van der Waals surface area (Å²) in [4.78, 5) is 18.1. The van der Waals surface area contributed by atoms with Crippen molar-refractivity contribution < 1.29 is 0 Å². The molecule has 5 heteroatoms. The Bertz CT molecular complexity index is 612. The lowest BCUT2D eigenvalue weighted by Gasteiger charge is -2.10. The van der Waals surface area contributed by atoms with Crippen LogP contribution in [0.5, 0.6) is 0 Å². The van der Waals surface area contributed by atoms with Gasteiger partial charge >= 0.3 is 0 Å². The number of hydrogen-bond acceptors (Lipinski definition) is 3. The summed E-state index contributed by atoms with van der Waals surface area (Å²) in [5.41, 5.74) is 2.97. The van der Waals surface area contributed by atoms with Crippen molar-refractivity contribution in [3.63, 3.8) is 0 Å². The molecule has 0 aliphatic heterocycles. The Hall–Kier alpha value is -1.91. The Kier molecular flexibility index (Phi) is 3.83. The number of aromatic amines is 1. The van der Waals surface area contributed by atoms with Crippen LogP contribution in [-0.4, -0.2) is 19.7 Å². The molecule has 0 aliphatic carbocycles. The first-order valence-corrected chi connectivity index (χ1v) is 6.54. The molecule has 0 radical (unpaired) electrons. The van der Waals surface area contributed by atoms with Gasteiger partial charge in [-0.25, -0.2) is 4.98 Å². The van der Waals surface area contributed by atoms with E-state index in [4.69, 9.17) is 0 Å². The summed E-state index contributed by atoms with van der Waals surface area (Å²) in [6, 6.07) is 3.69. The number of aromatic nitrogens is 4. The molecular weight excluding hydrogens is 240 g/mol. The van der Waals surface area contributed by atoms with Gasteiger partial charge in [-0.05, 0) is 18.4 Å². The zero-order chi connectivity index (χ0) is 14.0. The molecule has 1 unspecified atom stereocenters. The van der Waals surface area contributed by atoms with E-state index in [9.17, 15) is 4.79 Å². The van der Waals surface area contributed by atoms with Crippen molar-refractivity contribution in [1.29, 1.82) is 0 Å². The zero-order valence-electron chi connectivity index (χ0n) is 11.8. The summed E-state index contributed by atoms with van der Waals surface area (Å²) in [5, 5.41) is 4.50. The Morgan fingerprint density at radius 3 is 2.58 bits per heavy atom. The van der Waals surface area contributed by atoms with Gasteiger partial charge < -0.3 is 4.98 Å². The van der Waals surface area contributed by atoms with Gasteiger partial charge in [-0.2, -0.15) is 5.10 Å². The van der Waals surface area contributed by atoms with E-state index >= 15 is 0 Å². The number of hydrogen-bond donors (Lipinski definition) is 1. The first kappa shape index (κ1) is 13.5. The van der Waals surface area contributed by atoms with Crippen molar-refractivity contribution in [2.45, 2.75) is 39.0 Å².